The molecule has 2 saturated heterocycles. The predicted octanol–water partition coefficient (Wildman–Crippen LogP) is -1.78. The number of phenolic OH excluding ortho intramolecular Hbond substituents is 2. The van der Waals surface area contributed by atoms with Gasteiger partial charge in [-0.05, 0) is 26.0 Å². The van der Waals surface area contributed by atoms with Crippen LogP contribution < -0.4 is 9.47 Å². The van der Waals surface area contributed by atoms with Crippen LogP contribution in [0.25, 0.3) is 0 Å². The summed E-state index contributed by atoms with van der Waals surface area (Å²) in [4.78, 5) is 26.7. The van der Waals surface area contributed by atoms with Crippen molar-refractivity contribution >= 4 is 11.6 Å². The highest BCUT2D eigenvalue weighted by atomic mass is 16.7. The van der Waals surface area contributed by atoms with Crippen molar-refractivity contribution in [1.82, 2.24) is 0 Å². The van der Waals surface area contributed by atoms with Crippen molar-refractivity contribution in [2.24, 2.45) is 0 Å². The monoisotopic (exact) mass is 608 g/mol. The summed E-state index contributed by atoms with van der Waals surface area (Å²) in [5, 5.41) is 83.0. The number of benzene rings is 2. The number of ketones is 2. The van der Waals surface area contributed by atoms with Crippen molar-refractivity contribution in [3.8, 4) is 23.0 Å². The summed E-state index contributed by atoms with van der Waals surface area (Å²) >= 11 is 0. The standard InChI is InChI=1S/C28H32O15/c1-8-14(6-12-17(18(8)30)22(34)16-11(20(12)32)4-10(39-3)5-13(16)29)42-28-26(38)24(36)21(33)15(43-28)7-40-27-25(37)23(35)19(31)9(2)41-27/h4-6,9,15,19,21,23-31,33,35-38H,7H2,1-3H3. The van der Waals surface area contributed by atoms with Gasteiger partial charge in [-0.3, -0.25) is 9.59 Å². The van der Waals surface area contributed by atoms with Gasteiger partial charge in [0.2, 0.25) is 12.1 Å². The third-order valence-electron chi connectivity index (χ3n) is 7.92. The van der Waals surface area contributed by atoms with E-state index in [2.05, 4.69) is 0 Å². The number of carbonyl (C=O) groups is 2. The van der Waals surface area contributed by atoms with Gasteiger partial charge in [0.15, 0.2) is 12.1 Å². The number of aromatic hydroxyl groups is 2. The highest BCUT2D eigenvalue weighted by Gasteiger charge is 2.48. The molecule has 15 heteroatoms. The van der Waals surface area contributed by atoms with Crippen LogP contribution in [0.2, 0.25) is 0 Å². The van der Waals surface area contributed by atoms with Crippen molar-refractivity contribution in [2.75, 3.05) is 13.7 Å². The van der Waals surface area contributed by atoms with E-state index in [1.165, 1.54) is 27.0 Å². The van der Waals surface area contributed by atoms with E-state index in [1.807, 2.05) is 0 Å². The number of methoxy groups -OCH3 is 1. The van der Waals surface area contributed by atoms with Gasteiger partial charge < -0.3 is 64.5 Å². The largest absolute Gasteiger partial charge is 0.507 e. The van der Waals surface area contributed by atoms with Crippen molar-refractivity contribution in [3.05, 3.63) is 46.0 Å². The second-order valence-electron chi connectivity index (χ2n) is 10.6. The molecule has 2 heterocycles. The number of rotatable bonds is 6. The Balaban J connectivity index is 1.39. The van der Waals surface area contributed by atoms with Crippen LogP contribution >= 0.6 is 0 Å². The lowest BCUT2D eigenvalue weighted by Crippen LogP contribution is -2.61. The Labute approximate surface area is 244 Å². The molecule has 3 aliphatic rings. The number of phenols is 2. The lowest BCUT2D eigenvalue weighted by Gasteiger charge is -2.42. The summed E-state index contributed by atoms with van der Waals surface area (Å²) in [6.07, 6.45) is -15.4. The first-order valence-corrected chi connectivity index (χ1v) is 13.3. The molecule has 15 nitrogen and oxygen atoms in total. The molecule has 0 bridgehead atoms. The molecule has 1 aliphatic carbocycles. The minimum absolute atomic E-state index is 0.0409. The van der Waals surface area contributed by atoms with E-state index < -0.39 is 91.1 Å². The van der Waals surface area contributed by atoms with Crippen LogP contribution in [0.15, 0.2) is 18.2 Å². The van der Waals surface area contributed by atoms with Gasteiger partial charge in [-0.1, -0.05) is 0 Å². The minimum atomic E-state index is -1.84. The van der Waals surface area contributed by atoms with Crippen LogP contribution in [0.1, 0.15) is 44.3 Å². The zero-order valence-electron chi connectivity index (χ0n) is 23.1. The van der Waals surface area contributed by atoms with Crippen molar-refractivity contribution in [2.45, 2.75) is 75.3 Å². The normalized spacial score (nSPS) is 34.0. The van der Waals surface area contributed by atoms with Crippen molar-refractivity contribution in [3.63, 3.8) is 0 Å². The number of hydrogen-bond acceptors (Lipinski definition) is 15. The van der Waals surface area contributed by atoms with E-state index in [4.69, 9.17) is 23.7 Å². The number of hydrogen-bond donors (Lipinski definition) is 8. The van der Waals surface area contributed by atoms with Gasteiger partial charge in [-0.15, -0.1) is 0 Å². The topological polar surface area (TPSA) is 242 Å². The number of ether oxygens (including phenoxy) is 5. The van der Waals surface area contributed by atoms with Gasteiger partial charge in [-0.2, -0.15) is 0 Å². The number of carbonyl (C=O) groups excluding carboxylic acids is 2. The van der Waals surface area contributed by atoms with Crippen LogP contribution in [-0.2, 0) is 14.2 Å². The molecule has 2 aliphatic heterocycles. The first kappa shape index (κ1) is 31.1. The molecule has 10 atom stereocenters. The number of aliphatic hydroxyl groups excluding tert-OH is 6. The van der Waals surface area contributed by atoms with Gasteiger partial charge >= 0.3 is 0 Å². The molecule has 234 valence electrons. The van der Waals surface area contributed by atoms with Crippen LogP contribution in [0.5, 0.6) is 23.0 Å². The highest BCUT2D eigenvalue weighted by molar-refractivity contribution is 6.30. The third-order valence-corrected chi connectivity index (χ3v) is 7.92. The van der Waals surface area contributed by atoms with E-state index in [0.717, 1.165) is 12.1 Å². The summed E-state index contributed by atoms with van der Waals surface area (Å²) in [6.45, 7) is 2.26. The van der Waals surface area contributed by atoms with Crippen molar-refractivity contribution in [1.29, 1.82) is 0 Å². The second-order valence-corrected chi connectivity index (χ2v) is 10.6. The van der Waals surface area contributed by atoms with E-state index in [9.17, 15) is 50.4 Å². The van der Waals surface area contributed by atoms with E-state index in [-0.39, 0.29) is 39.3 Å². The minimum Gasteiger partial charge on any atom is -0.507 e. The molecule has 0 spiro atoms. The summed E-state index contributed by atoms with van der Waals surface area (Å²) in [5.74, 6) is -2.80. The molecule has 8 N–H and O–H groups in total. The Morgan fingerprint density at radius 2 is 1.40 bits per heavy atom. The highest BCUT2D eigenvalue weighted by Crippen LogP contribution is 2.43. The van der Waals surface area contributed by atoms with E-state index >= 15 is 0 Å². The molecule has 43 heavy (non-hydrogen) atoms. The van der Waals surface area contributed by atoms with E-state index in [0.29, 0.717) is 0 Å². The molecule has 0 aromatic heterocycles. The Morgan fingerprint density at radius 3 is 2.07 bits per heavy atom. The average molecular weight is 609 g/mol. The first-order chi connectivity index (χ1) is 20.3. The molecule has 5 rings (SSSR count). The summed E-state index contributed by atoms with van der Waals surface area (Å²) in [6, 6.07) is 3.56. The maximum absolute atomic E-state index is 13.4. The quantitative estimate of drug-likeness (QED) is 0.154. The molecular weight excluding hydrogens is 576 g/mol. The van der Waals surface area contributed by atoms with Crippen LogP contribution in [-0.4, -0.2) is 128 Å². The zero-order chi connectivity index (χ0) is 31.5. The Kier molecular flexibility index (Phi) is 8.38. The lowest BCUT2D eigenvalue weighted by atomic mass is 9.82. The fraction of sp³-hybridized carbons (Fsp3) is 0.500. The second kappa shape index (κ2) is 11.6. The zero-order valence-corrected chi connectivity index (χ0v) is 23.1. The maximum atomic E-state index is 13.4. The average Bonchev–Trinajstić information content (AvgIpc) is 2.98. The Hall–Kier alpha value is -3.38. The first-order valence-electron chi connectivity index (χ1n) is 13.3. The fourth-order valence-corrected chi connectivity index (χ4v) is 5.30. The lowest BCUT2D eigenvalue weighted by molar-refractivity contribution is -0.318. The smallest absolute Gasteiger partial charge is 0.229 e. The van der Waals surface area contributed by atoms with Gasteiger partial charge in [0.05, 0.1) is 30.9 Å². The predicted molar refractivity (Wildman–Crippen MR) is 140 cm³/mol. The number of aliphatic hydroxyl groups is 6. The maximum Gasteiger partial charge on any atom is 0.229 e. The summed E-state index contributed by atoms with van der Waals surface area (Å²) in [5.41, 5.74) is -1.17. The molecule has 0 radical (unpaired) electrons. The molecule has 2 aromatic carbocycles. The third kappa shape index (κ3) is 5.22. The van der Waals surface area contributed by atoms with Crippen molar-refractivity contribution < 1.29 is 74.1 Å². The Morgan fingerprint density at radius 1 is 0.767 bits per heavy atom. The molecule has 0 amide bonds. The van der Waals surface area contributed by atoms with Crippen LogP contribution in [0, 0.1) is 6.92 Å². The molecular formula is C28H32O15. The fourth-order valence-electron chi connectivity index (χ4n) is 5.30. The van der Waals surface area contributed by atoms with Gasteiger partial charge in [0.1, 0.15) is 65.7 Å². The SMILES string of the molecule is COc1cc(O)c2c(c1)C(=O)c1cc(OC3OC(COC4OC(C)C(O)C(O)C4O)C(O)C(O)C3O)c(C)c(O)c1C2=O. The van der Waals surface area contributed by atoms with Gasteiger partial charge in [0.25, 0.3) is 0 Å². The summed E-state index contributed by atoms with van der Waals surface area (Å²) in [7, 11) is 1.31. The van der Waals surface area contributed by atoms with Gasteiger partial charge in [0, 0.05) is 22.8 Å². The molecule has 0 saturated carbocycles. The van der Waals surface area contributed by atoms with Gasteiger partial charge in [-0.25, -0.2) is 0 Å². The summed E-state index contributed by atoms with van der Waals surface area (Å²) < 4.78 is 27.3. The Bertz CT molecular complexity index is 1430. The molecule has 2 fully saturated rings. The molecule has 2 aromatic rings. The van der Waals surface area contributed by atoms with Crippen LogP contribution in [0.4, 0.5) is 0 Å². The molecule has 10 unspecified atom stereocenters. The van der Waals surface area contributed by atoms with Crippen LogP contribution in [0.3, 0.4) is 0 Å². The van der Waals surface area contributed by atoms with E-state index in [1.54, 1.807) is 0 Å². The number of fused-ring (bicyclic) bond motifs is 2.